The minimum Gasteiger partial charge on any atom is -0.481 e. The first-order chi connectivity index (χ1) is 14.4. The Balaban J connectivity index is 0.00000206. The van der Waals surface area contributed by atoms with Crippen LogP contribution in [0.3, 0.4) is 0 Å². The van der Waals surface area contributed by atoms with E-state index in [4.69, 9.17) is 21.4 Å². The Kier molecular flexibility index (Phi) is 13.1. The van der Waals surface area contributed by atoms with Crippen molar-refractivity contribution in [1.29, 1.82) is 0 Å². The number of carboxylic acid groups (broad SMARTS) is 1. The van der Waals surface area contributed by atoms with Gasteiger partial charge in [-0.15, -0.1) is 0 Å². The zero-order valence-electron chi connectivity index (χ0n) is 18.8. The van der Waals surface area contributed by atoms with E-state index in [0.29, 0.717) is 38.8 Å². The van der Waals surface area contributed by atoms with E-state index in [1.807, 2.05) is 0 Å². The SMILES string of the molecule is CC(=O)N[C@@H](CCCCN)C(=O)N1CCC[C@H]1C(=O)N[C@H](C(N)=O)C(C)C.CC(=O)O. The summed E-state index contributed by atoms with van der Waals surface area (Å²) in [4.78, 5) is 59.1. The molecule has 0 aromatic heterocycles. The zero-order chi connectivity index (χ0) is 24.1. The van der Waals surface area contributed by atoms with Crippen molar-refractivity contribution in [3.8, 4) is 0 Å². The van der Waals surface area contributed by atoms with E-state index in [1.165, 1.54) is 11.8 Å². The minimum absolute atomic E-state index is 0.152. The van der Waals surface area contributed by atoms with Crippen molar-refractivity contribution in [3.05, 3.63) is 0 Å². The van der Waals surface area contributed by atoms with Crippen LogP contribution >= 0.6 is 0 Å². The Labute approximate surface area is 183 Å². The van der Waals surface area contributed by atoms with Crippen LogP contribution in [0.4, 0.5) is 0 Å². The highest BCUT2D eigenvalue weighted by Crippen LogP contribution is 2.20. The third-order valence-corrected chi connectivity index (χ3v) is 4.73. The van der Waals surface area contributed by atoms with Crippen LogP contribution in [-0.2, 0) is 24.0 Å². The summed E-state index contributed by atoms with van der Waals surface area (Å²) < 4.78 is 0. The number of carbonyl (C=O) groups is 5. The van der Waals surface area contributed by atoms with E-state index < -0.39 is 30.0 Å². The number of primary amides is 1. The highest BCUT2D eigenvalue weighted by molar-refractivity contribution is 5.94. The van der Waals surface area contributed by atoms with Gasteiger partial charge in [0.2, 0.25) is 23.6 Å². The number of nitrogens with one attached hydrogen (secondary N) is 2. The van der Waals surface area contributed by atoms with Gasteiger partial charge in [0.15, 0.2) is 0 Å². The molecule has 11 heteroatoms. The summed E-state index contributed by atoms with van der Waals surface area (Å²) in [6.07, 6.45) is 3.12. The second-order valence-electron chi connectivity index (χ2n) is 7.88. The Morgan fingerprint density at radius 2 is 1.68 bits per heavy atom. The van der Waals surface area contributed by atoms with Crippen LogP contribution in [0.1, 0.15) is 59.8 Å². The van der Waals surface area contributed by atoms with Gasteiger partial charge in [-0.25, -0.2) is 0 Å². The molecule has 1 heterocycles. The molecule has 0 aromatic rings. The fourth-order valence-electron chi connectivity index (χ4n) is 3.31. The normalized spacial score (nSPS) is 17.2. The molecule has 0 unspecified atom stereocenters. The van der Waals surface area contributed by atoms with Crippen LogP contribution in [-0.4, -0.2) is 70.8 Å². The highest BCUT2D eigenvalue weighted by Gasteiger charge is 2.38. The van der Waals surface area contributed by atoms with Crippen molar-refractivity contribution in [1.82, 2.24) is 15.5 Å². The molecule has 1 aliphatic rings. The summed E-state index contributed by atoms with van der Waals surface area (Å²) in [5.41, 5.74) is 10.9. The summed E-state index contributed by atoms with van der Waals surface area (Å²) in [6.45, 7) is 6.97. The lowest BCUT2D eigenvalue weighted by Crippen LogP contribution is -2.56. The molecule has 7 N–H and O–H groups in total. The van der Waals surface area contributed by atoms with Gasteiger partial charge in [-0.1, -0.05) is 13.8 Å². The number of likely N-dealkylation sites (tertiary alicyclic amines) is 1. The van der Waals surface area contributed by atoms with Crippen LogP contribution in [0.5, 0.6) is 0 Å². The molecule has 0 saturated carbocycles. The highest BCUT2D eigenvalue weighted by atomic mass is 16.4. The zero-order valence-corrected chi connectivity index (χ0v) is 18.8. The second-order valence-corrected chi connectivity index (χ2v) is 7.88. The predicted octanol–water partition coefficient (Wildman–Crippen LogP) is -0.672. The minimum atomic E-state index is -0.833. The molecule has 0 aromatic carbocycles. The first-order valence-corrected chi connectivity index (χ1v) is 10.5. The quantitative estimate of drug-likeness (QED) is 0.277. The molecule has 0 aliphatic carbocycles. The maximum Gasteiger partial charge on any atom is 0.300 e. The molecule has 1 saturated heterocycles. The van der Waals surface area contributed by atoms with E-state index in [-0.39, 0.29) is 23.6 Å². The summed E-state index contributed by atoms with van der Waals surface area (Å²) in [6, 6.07) is -2.13. The monoisotopic (exact) mass is 443 g/mol. The van der Waals surface area contributed by atoms with E-state index in [2.05, 4.69) is 10.6 Å². The van der Waals surface area contributed by atoms with Crippen molar-refractivity contribution in [2.45, 2.75) is 77.9 Å². The van der Waals surface area contributed by atoms with Crippen molar-refractivity contribution in [2.24, 2.45) is 17.4 Å². The smallest absolute Gasteiger partial charge is 0.300 e. The molecule has 11 nitrogen and oxygen atoms in total. The van der Waals surface area contributed by atoms with Gasteiger partial charge in [0.25, 0.3) is 5.97 Å². The summed E-state index contributed by atoms with van der Waals surface area (Å²) in [7, 11) is 0. The van der Waals surface area contributed by atoms with E-state index in [0.717, 1.165) is 13.3 Å². The molecule has 1 aliphatic heterocycles. The maximum absolute atomic E-state index is 13.0. The van der Waals surface area contributed by atoms with Crippen LogP contribution in [0.15, 0.2) is 0 Å². The third kappa shape index (κ3) is 10.8. The molecule has 1 fully saturated rings. The number of hydrogen-bond donors (Lipinski definition) is 5. The molecule has 0 spiro atoms. The van der Waals surface area contributed by atoms with Crippen molar-refractivity contribution < 1.29 is 29.1 Å². The number of carbonyl (C=O) groups excluding carboxylic acids is 4. The van der Waals surface area contributed by atoms with Gasteiger partial charge >= 0.3 is 0 Å². The first kappa shape index (κ1) is 28.3. The summed E-state index contributed by atoms with van der Waals surface area (Å²) >= 11 is 0. The van der Waals surface area contributed by atoms with Crippen molar-refractivity contribution in [2.75, 3.05) is 13.1 Å². The number of unbranched alkanes of at least 4 members (excludes halogenated alkanes) is 1. The molecule has 4 amide bonds. The molecule has 31 heavy (non-hydrogen) atoms. The molecular formula is C20H37N5O6. The number of hydrogen-bond acceptors (Lipinski definition) is 6. The topological polar surface area (TPSA) is 185 Å². The number of rotatable bonds is 10. The summed E-state index contributed by atoms with van der Waals surface area (Å²) in [5.74, 6) is -2.55. The van der Waals surface area contributed by atoms with Gasteiger partial charge in [0.05, 0.1) is 0 Å². The van der Waals surface area contributed by atoms with Crippen molar-refractivity contribution >= 4 is 29.6 Å². The number of nitrogens with zero attached hydrogens (tertiary/aromatic N) is 1. The largest absolute Gasteiger partial charge is 0.481 e. The number of aliphatic carboxylic acids is 1. The Bertz CT molecular complexity index is 636. The van der Waals surface area contributed by atoms with Gasteiger partial charge in [0.1, 0.15) is 18.1 Å². The Morgan fingerprint density at radius 1 is 1.10 bits per heavy atom. The number of nitrogens with two attached hydrogens (primary N) is 2. The molecule has 0 radical (unpaired) electrons. The standard InChI is InChI=1S/C18H33N5O4.C2H4O2/c1-11(2)15(16(20)25)22-17(26)14-8-6-10-23(14)18(27)13(21-12(3)24)7-4-5-9-19;1-2(3)4/h11,13-15H,4-10,19H2,1-3H3,(H2,20,25)(H,21,24)(H,22,26);1H3,(H,3,4)/t13-,14-,15-;/m0./s1. The second kappa shape index (κ2) is 14.3. The van der Waals surface area contributed by atoms with Gasteiger partial charge < -0.3 is 32.1 Å². The molecular weight excluding hydrogens is 406 g/mol. The molecule has 1 rings (SSSR count). The van der Waals surface area contributed by atoms with Gasteiger partial charge in [-0.05, 0) is 44.6 Å². The molecule has 178 valence electrons. The van der Waals surface area contributed by atoms with E-state index >= 15 is 0 Å². The average Bonchev–Trinajstić information content (AvgIpc) is 3.13. The van der Waals surface area contributed by atoms with Crippen molar-refractivity contribution in [3.63, 3.8) is 0 Å². The number of amides is 4. The van der Waals surface area contributed by atoms with Crippen LogP contribution in [0, 0.1) is 5.92 Å². The lowest BCUT2D eigenvalue weighted by molar-refractivity contribution is -0.142. The molecule has 3 atom stereocenters. The van der Waals surface area contributed by atoms with Gasteiger partial charge in [-0.3, -0.25) is 24.0 Å². The lowest BCUT2D eigenvalue weighted by Gasteiger charge is -2.30. The fraction of sp³-hybridized carbons (Fsp3) is 0.750. The average molecular weight is 444 g/mol. The van der Waals surface area contributed by atoms with Crippen LogP contribution in [0.25, 0.3) is 0 Å². The lowest BCUT2D eigenvalue weighted by atomic mass is 10.0. The third-order valence-electron chi connectivity index (χ3n) is 4.73. The first-order valence-electron chi connectivity index (χ1n) is 10.5. The van der Waals surface area contributed by atoms with E-state index in [1.54, 1.807) is 13.8 Å². The fourth-order valence-corrected chi connectivity index (χ4v) is 3.31. The Morgan fingerprint density at radius 3 is 2.13 bits per heavy atom. The van der Waals surface area contributed by atoms with Crippen LogP contribution in [0.2, 0.25) is 0 Å². The van der Waals surface area contributed by atoms with Crippen LogP contribution < -0.4 is 22.1 Å². The van der Waals surface area contributed by atoms with Gasteiger partial charge in [0, 0.05) is 20.4 Å². The Hall–Kier alpha value is -2.69. The number of carboxylic acids is 1. The summed E-state index contributed by atoms with van der Waals surface area (Å²) in [5, 5.41) is 12.8. The maximum atomic E-state index is 13.0. The van der Waals surface area contributed by atoms with E-state index in [9.17, 15) is 19.2 Å². The molecule has 0 bridgehead atoms. The van der Waals surface area contributed by atoms with Gasteiger partial charge in [-0.2, -0.15) is 0 Å². The predicted molar refractivity (Wildman–Crippen MR) is 115 cm³/mol.